The topological polar surface area (TPSA) is 100 Å². The SMILES string of the molecule is CC1(C)c2cc(-c3cccc4oc5ccccc5c34)ccc2-c2ccc(-c3cccc4oc5ccccc5c34)cc21.CC1(C)c2ccccc2-c2ccc(-c3ccc4c(c3)-c3ccccc3S4(=O)=O)cc21.O=S1c2cc(-n3c4ccccc4c4ccccc43)ccc2-c2ccc(-n3c4ccccc4c4ccccc43)cc21.c1ccc(C2(c3ccccc3)c3ccccc3-c3ccc(-c4cccc5c4oc4ccccc45)cc32)cc1. The zero-order valence-electron chi connectivity index (χ0n) is 81.8. The van der Waals surface area contributed by atoms with E-state index in [-0.39, 0.29) is 10.8 Å². The summed E-state index contributed by atoms with van der Waals surface area (Å²) < 4.78 is 63.3. The van der Waals surface area contributed by atoms with Gasteiger partial charge in [-0.3, -0.25) is 0 Å². The van der Waals surface area contributed by atoms with Gasteiger partial charge in [-0.25, -0.2) is 12.6 Å². The Bertz CT molecular complexity index is 10000. The summed E-state index contributed by atoms with van der Waals surface area (Å²) in [6.45, 7) is 9.25. The van der Waals surface area contributed by atoms with Gasteiger partial charge < -0.3 is 22.4 Å². The van der Waals surface area contributed by atoms with Crippen molar-refractivity contribution in [2.24, 2.45) is 0 Å². The van der Waals surface area contributed by atoms with Crippen LogP contribution >= 0.6 is 0 Å². The van der Waals surface area contributed by atoms with Crippen molar-refractivity contribution in [1.82, 2.24) is 9.13 Å². The third-order valence-corrected chi connectivity index (χ3v) is 35.6. The fourth-order valence-corrected chi connectivity index (χ4v) is 28.5. The lowest BCUT2D eigenvalue weighted by molar-refractivity contribution is 0.598. The highest BCUT2D eigenvalue weighted by Gasteiger charge is 2.47. The second-order valence-electron chi connectivity index (χ2n) is 40.8. The highest BCUT2D eigenvalue weighted by atomic mass is 32.2. The Labute approximate surface area is 863 Å². The largest absolute Gasteiger partial charge is 0.456 e. The van der Waals surface area contributed by atoms with Gasteiger partial charge in [-0.1, -0.05) is 392 Å². The van der Waals surface area contributed by atoms with Crippen molar-refractivity contribution in [3.63, 3.8) is 0 Å². The van der Waals surface area contributed by atoms with Crippen molar-refractivity contribution in [1.29, 1.82) is 0 Å². The van der Waals surface area contributed by atoms with Crippen molar-refractivity contribution in [2.45, 2.75) is 63.5 Å². The Balaban J connectivity index is 0.0000000940. The highest BCUT2D eigenvalue weighted by Crippen LogP contribution is 2.60. The Morgan fingerprint density at radius 3 is 1.07 bits per heavy atom. The Hall–Kier alpha value is -18.1. The maximum absolute atomic E-state index is 14.1. The molecule has 7 heterocycles. The van der Waals surface area contributed by atoms with Crippen molar-refractivity contribution < 1.29 is 25.9 Å². The first-order chi connectivity index (χ1) is 73.1. The standard InChI is InChI=1S/C39H26O2.C37H24O.C36H22N2OS.C27H20O2S/c1-39(2)31-21-23(25-11-7-15-35-37(25)29-9-3-5-13-33(29)40-35)17-19-27(31)28-20-18-24(22-32(28)39)26-12-8-16-36-38(26)30-10-4-6-14-34(30)41-36;1-3-12-26(13-4-1)37(27-14-5-2-6-15-27)33-20-9-7-16-29(33)30-23-22-25(24-34(30)37)28-18-11-19-32-31-17-8-10-21-35(31)38-36(28)32;39-40-35-21-23(37-31-13-5-1-9-25(31)26-10-2-6-14-32(26)37)17-19-29(35)30-20-18-24(22-36(30)40)38-33-15-7-3-11-27(33)28-12-4-8-16-34(28)38;1-27(2)23-9-5-3-7-19(23)20-13-11-18(16-24(20)27)17-12-14-26-22(15-17)21-8-4-6-10-25(21)30(26,28)29/h3-22H,1-2H3;1-24H;1-22H;3-16H,1-2H3. The summed E-state index contributed by atoms with van der Waals surface area (Å²) in [5.41, 5.74) is 43.0. The number of hydrogen-bond donors (Lipinski definition) is 0. The van der Waals surface area contributed by atoms with E-state index in [2.05, 4.69) is 443 Å². The van der Waals surface area contributed by atoms with Crippen LogP contribution in [0.3, 0.4) is 0 Å². The molecule has 8 nitrogen and oxygen atoms in total. The van der Waals surface area contributed by atoms with E-state index in [0.29, 0.717) is 9.79 Å². The van der Waals surface area contributed by atoms with Gasteiger partial charge in [0.15, 0.2) is 0 Å². The van der Waals surface area contributed by atoms with Crippen LogP contribution in [0.1, 0.15) is 72.2 Å². The molecule has 0 radical (unpaired) electrons. The lowest BCUT2D eigenvalue weighted by atomic mass is 9.67. The fourth-order valence-electron chi connectivity index (χ4n) is 25.3. The van der Waals surface area contributed by atoms with Crippen LogP contribution in [0.2, 0.25) is 0 Å². The van der Waals surface area contributed by atoms with Gasteiger partial charge in [0.25, 0.3) is 0 Å². The lowest BCUT2D eigenvalue weighted by Gasteiger charge is -2.34. The summed E-state index contributed by atoms with van der Waals surface area (Å²) in [6.07, 6.45) is 0. The van der Waals surface area contributed by atoms with Crippen LogP contribution in [0, 0.1) is 0 Å². The van der Waals surface area contributed by atoms with E-state index in [4.69, 9.17) is 13.3 Å². The second-order valence-corrected chi connectivity index (χ2v) is 44.1. The molecule has 0 saturated heterocycles. The minimum atomic E-state index is -3.43. The van der Waals surface area contributed by atoms with Gasteiger partial charge in [0, 0.05) is 92.8 Å². The molecule has 3 aliphatic carbocycles. The first kappa shape index (κ1) is 87.5. The molecule has 27 aromatic rings. The average molecular weight is 1950 g/mol. The number of sulfone groups is 1. The molecule has 0 N–H and O–H groups in total. The fraction of sp³-hybridized carbons (Fsp3) is 0.0504. The van der Waals surface area contributed by atoms with E-state index in [9.17, 15) is 12.6 Å². The molecule has 10 heteroatoms. The summed E-state index contributed by atoms with van der Waals surface area (Å²) in [4.78, 5) is 2.55. The number of aromatic nitrogens is 2. The first-order valence-corrected chi connectivity index (χ1v) is 53.5. The van der Waals surface area contributed by atoms with Crippen LogP contribution in [-0.2, 0) is 36.9 Å². The van der Waals surface area contributed by atoms with E-state index in [1.807, 2.05) is 60.7 Å². The zero-order chi connectivity index (χ0) is 99.4. The van der Waals surface area contributed by atoms with Crippen molar-refractivity contribution in [3.8, 4) is 112 Å². The van der Waals surface area contributed by atoms with Crippen LogP contribution in [-0.4, -0.2) is 21.8 Å². The first-order valence-electron chi connectivity index (χ1n) is 50.9. The molecule has 0 amide bonds. The van der Waals surface area contributed by atoms with Crippen LogP contribution in [0.5, 0.6) is 0 Å². The Morgan fingerprint density at radius 1 is 0.221 bits per heavy atom. The van der Waals surface area contributed by atoms with Gasteiger partial charge in [-0.2, -0.15) is 0 Å². The molecule has 22 aromatic carbocycles. The number of hydrogen-bond acceptors (Lipinski definition) is 6. The highest BCUT2D eigenvalue weighted by molar-refractivity contribution is 7.92. The van der Waals surface area contributed by atoms with Crippen molar-refractivity contribution >= 4 is 130 Å². The zero-order valence-corrected chi connectivity index (χ0v) is 83.5. The Kier molecular flexibility index (Phi) is 19.7. The molecule has 706 valence electrons. The number of furan rings is 3. The molecular weight excluding hydrogens is 1860 g/mol. The van der Waals surface area contributed by atoms with Gasteiger partial charge >= 0.3 is 0 Å². The van der Waals surface area contributed by atoms with Crippen molar-refractivity contribution in [2.75, 3.05) is 0 Å². The molecule has 32 rings (SSSR count). The van der Waals surface area contributed by atoms with Gasteiger partial charge in [0.05, 0.1) is 57.9 Å². The summed E-state index contributed by atoms with van der Waals surface area (Å²) in [7, 11) is -4.71. The lowest BCUT2D eigenvalue weighted by Crippen LogP contribution is -2.28. The van der Waals surface area contributed by atoms with Crippen LogP contribution in [0.4, 0.5) is 0 Å². The summed E-state index contributed by atoms with van der Waals surface area (Å²) >= 11 is 0. The minimum absolute atomic E-state index is 0.0609. The molecular formula is C139H92N2O6S2. The predicted molar refractivity (Wildman–Crippen MR) is 611 cm³/mol. The number of fused-ring (bicyclic) bond motifs is 30. The Morgan fingerprint density at radius 2 is 0.550 bits per heavy atom. The van der Waals surface area contributed by atoms with Crippen LogP contribution in [0.15, 0.2) is 518 Å². The number of benzene rings is 22. The normalized spacial score (nSPS) is 14.0. The molecule has 5 aliphatic rings. The molecule has 5 aromatic heterocycles. The predicted octanol–water partition coefficient (Wildman–Crippen LogP) is 36.2. The van der Waals surface area contributed by atoms with Crippen LogP contribution in [0.25, 0.3) is 221 Å². The third-order valence-electron chi connectivity index (χ3n) is 32.2. The molecule has 0 unspecified atom stereocenters. The summed E-state index contributed by atoms with van der Waals surface area (Å²) in [6, 6.07) is 171. The number of rotatable bonds is 8. The molecule has 0 bridgehead atoms. The summed E-state index contributed by atoms with van der Waals surface area (Å²) in [5.74, 6) is 0. The maximum Gasteiger partial charge on any atom is 0.207 e. The van der Waals surface area contributed by atoms with Gasteiger partial charge in [-0.15, -0.1) is 0 Å². The molecule has 2 aliphatic heterocycles. The summed E-state index contributed by atoms with van der Waals surface area (Å²) in [5, 5.41) is 11.9. The maximum atomic E-state index is 14.1. The van der Waals surface area contributed by atoms with Gasteiger partial charge in [0.2, 0.25) is 9.84 Å². The molecule has 0 spiro atoms. The molecule has 0 fully saturated rings. The molecule has 0 atom stereocenters. The average Bonchev–Trinajstić information content (AvgIpc) is 1.53. The van der Waals surface area contributed by atoms with E-state index >= 15 is 0 Å². The van der Waals surface area contributed by atoms with E-state index < -0.39 is 26.1 Å². The van der Waals surface area contributed by atoms with E-state index in [1.54, 1.807) is 18.2 Å². The van der Waals surface area contributed by atoms with E-state index in [1.165, 1.54) is 132 Å². The van der Waals surface area contributed by atoms with Crippen molar-refractivity contribution in [3.05, 3.63) is 530 Å². The molecule has 149 heavy (non-hydrogen) atoms. The van der Waals surface area contributed by atoms with Crippen LogP contribution < -0.4 is 0 Å². The molecule has 0 saturated carbocycles. The third kappa shape index (κ3) is 13.2. The number of nitrogens with zero attached hydrogens (tertiary/aromatic N) is 2. The van der Waals surface area contributed by atoms with Gasteiger partial charge in [-0.05, 0) is 249 Å². The smallest absolute Gasteiger partial charge is 0.207 e. The van der Waals surface area contributed by atoms with E-state index in [0.717, 1.165) is 143 Å². The quantitative estimate of drug-likeness (QED) is 0.150. The number of para-hydroxylation sites is 8. The minimum Gasteiger partial charge on any atom is -0.456 e. The monoisotopic (exact) mass is 1950 g/mol. The van der Waals surface area contributed by atoms with Gasteiger partial charge in [0.1, 0.15) is 33.5 Å². The second kappa shape index (κ2) is 33.5.